The molecule has 2 fully saturated rings. The number of thiazole rings is 1. The van der Waals surface area contributed by atoms with E-state index in [1.54, 1.807) is 0 Å². The minimum absolute atomic E-state index is 0.0683. The number of aromatic nitrogens is 1. The van der Waals surface area contributed by atoms with Crippen molar-refractivity contribution in [3.63, 3.8) is 0 Å². The number of amides is 1. The molecule has 0 bridgehead atoms. The Hall–Kier alpha value is -1.17. The SMILES string of the molecule is CN1CC2(CCN(C(=O)c3nc4cc(Cl)ccc4s3)C2)C1. The van der Waals surface area contributed by atoms with Gasteiger partial charge in [0.2, 0.25) is 0 Å². The number of carbonyl (C=O) groups excluding carboxylic acids is 1. The first-order valence-corrected chi connectivity index (χ1v) is 8.28. The van der Waals surface area contributed by atoms with Gasteiger partial charge in [-0.25, -0.2) is 4.98 Å². The minimum Gasteiger partial charge on any atom is -0.336 e. The summed E-state index contributed by atoms with van der Waals surface area (Å²) < 4.78 is 1.01. The van der Waals surface area contributed by atoms with Gasteiger partial charge in [-0.05, 0) is 31.7 Å². The van der Waals surface area contributed by atoms with Gasteiger partial charge in [0.1, 0.15) is 0 Å². The quantitative estimate of drug-likeness (QED) is 0.810. The van der Waals surface area contributed by atoms with Gasteiger partial charge in [-0.1, -0.05) is 11.6 Å². The van der Waals surface area contributed by atoms with Crippen molar-refractivity contribution in [2.45, 2.75) is 6.42 Å². The summed E-state index contributed by atoms with van der Waals surface area (Å²) in [6.45, 7) is 3.93. The van der Waals surface area contributed by atoms with E-state index in [2.05, 4.69) is 16.9 Å². The van der Waals surface area contributed by atoms with E-state index in [0.29, 0.717) is 15.4 Å². The molecule has 2 aromatic rings. The van der Waals surface area contributed by atoms with Crippen molar-refractivity contribution in [1.82, 2.24) is 14.8 Å². The van der Waals surface area contributed by atoms with Crippen molar-refractivity contribution in [3.05, 3.63) is 28.2 Å². The number of halogens is 1. The third kappa shape index (κ3) is 2.24. The maximum atomic E-state index is 12.6. The van der Waals surface area contributed by atoms with E-state index in [9.17, 15) is 4.79 Å². The number of carbonyl (C=O) groups is 1. The smallest absolute Gasteiger partial charge is 0.282 e. The second-order valence-corrected chi connectivity index (χ2v) is 7.75. The molecular formula is C15H16ClN3OS. The van der Waals surface area contributed by atoms with Crippen LogP contribution in [0.4, 0.5) is 0 Å². The number of hydrogen-bond donors (Lipinski definition) is 0. The molecule has 0 aliphatic carbocycles. The highest BCUT2D eigenvalue weighted by Crippen LogP contribution is 2.39. The molecule has 1 aromatic heterocycles. The van der Waals surface area contributed by atoms with Crippen LogP contribution in [0, 0.1) is 5.41 Å². The van der Waals surface area contributed by atoms with E-state index >= 15 is 0 Å². The Kier molecular flexibility index (Phi) is 3.00. The van der Waals surface area contributed by atoms with E-state index in [0.717, 1.165) is 42.8 Å². The molecule has 0 atom stereocenters. The Bertz CT molecular complexity index is 723. The molecule has 2 saturated heterocycles. The normalized spacial score (nSPS) is 21.1. The van der Waals surface area contributed by atoms with E-state index in [1.165, 1.54) is 11.3 Å². The van der Waals surface area contributed by atoms with Crippen LogP contribution in [-0.4, -0.2) is 53.9 Å². The lowest BCUT2D eigenvalue weighted by molar-refractivity contribution is 0.0294. The van der Waals surface area contributed by atoms with Crippen molar-refractivity contribution in [3.8, 4) is 0 Å². The maximum absolute atomic E-state index is 12.6. The number of benzene rings is 1. The van der Waals surface area contributed by atoms with Crippen LogP contribution in [-0.2, 0) is 0 Å². The third-order valence-corrected chi connectivity index (χ3v) is 5.73. The van der Waals surface area contributed by atoms with Crippen LogP contribution in [0.5, 0.6) is 0 Å². The number of nitrogens with zero attached hydrogens (tertiary/aromatic N) is 3. The molecular weight excluding hydrogens is 306 g/mol. The summed E-state index contributed by atoms with van der Waals surface area (Å²) in [4.78, 5) is 21.4. The fraction of sp³-hybridized carbons (Fsp3) is 0.467. The minimum atomic E-state index is 0.0683. The second kappa shape index (κ2) is 4.66. The van der Waals surface area contributed by atoms with E-state index in [1.807, 2.05) is 23.1 Å². The molecule has 1 amide bonds. The number of hydrogen-bond acceptors (Lipinski definition) is 4. The fourth-order valence-corrected chi connectivity index (χ4v) is 4.67. The summed E-state index contributed by atoms with van der Waals surface area (Å²) in [5, 5.41) is 1.24. The van der Waals surface area contributed by atoms with Gasteiger partial charge >= 0.3 is 0 Å². The largest absolute Gasteiger partial charge is 0.336 e. The molecule has 0 saturated carbocycles. The highest BCUT2D eigenvalue weighted by atomic mass is 35.5. The zero-order chi connectivity index (χ0) is 14.6. The number of fused-ring (bicyclic) bond motifs is 1. The van der Waals surface area contributed by atoms with Crippen molar-refractivity contribution >= 4 is 39.1 Å². The second-order valence-electron chi connectivity index (χ2n) is 6.28. The Morgan fingerprint density at radius 3 is 2.95 bits per heavy atom. The summed E-state index contributed by atoms with van der Waals surface area (Å²) in [5.41, 5.74) is 1.15. The number of likely N-dealkylation sites (tertiary alicyclic amines) is 2. The van der Waals surface area contributed by atoms with Gasteiger partial charge in [-0.3, -0.25) is 4.79 Å². The van der Waals surface area contributed by atoms with Gasteiger partial charge in [-0.15, -0.1) is 11.3 Å². The molecule has 0 unspecified atom stereocenters. The van der Waals surface area contributed by atoms with Gasteiger partial charge in [0, 0.05) is 36.6 Å². The van der Waals surface area contributed by atoms with Crippen molar-refractivity contribution in [2.75, 3.05) is 33.2 Å². The van der Waals surface area contributed by atoms with Crippen LogP contribution in [0.25, 0.3) is 10.2 Å². The Morgan fingerprint density at radius 2 is 2.19 bits per heavy atom. The lowest BCUT2D eigenvalue weighted by Crippen LogP contribution is -2.55. The molecule has 21 heavy (non-hydrogen) atoms. The first-order valence-electron chi connectivity index (χ1n) is 7.09. The van der Waals surface area contributed by atoms with Gasteiger partial charge in [0.25, 0.3) is 5.91 Å². The molecule has 4 nitrogen and oxygen atoms in total. The van der Waals surface area contributed by atoms with Gasteiger partial charge in [0.15, 0.2) is 5.01 Å². The molecule has 1 aromatic carbocycles. The zero-order valence-electron chi connectivity index (χ0n) is 11.8. The average Bonchev–Trinajstić information content (AvgIpc) is 3.01. The van der Waals surface area contributed by atoms with Crippen LogP contribution >= 0.6 is 22.9 Å². The predicted molar refractivity (Wildman–Crippen MR) is 85.1 cm³/mol. The first-order chi connectivity index (χ1) is 10.0. The van der Waals surface area contributed by atoms with Crippen LogP contribution in [0.15, 0.2) is 18.2 Å². The third-order valence-electron chi connectivity index (χ3n) is 4.47. The summed E-state index contributed by atoms with van der Waals surface area (Å²) >= 11 is 7.43. The lowest BCUT2D eigenvalue weighted by Gasteiger charge is -2.46. The monoisotopic (exact) mass is 321 g/mol. The molecule has 110 valence electrons. The molecule has 6 heteroatoms. The first kappa shape index (κ1) is 13.5. The summed E-state index contributed by atoms with van der Waals surface area (Å²) in [6, 6.07) is 5.58. The molecule has 2 aliphatic rings. The van der Waals surface area contributed by atoms with Gasteiger partial charge in [-0.2, -0.15) is 0 Å². The molecule has 1 spiro atoms. The standard InChI is InChI=1S/C15H16ClN3OS/c1-18-7-15(8-18)4-5-19(9-15)14(20)13-17-11-6-10(16)2-3-12(11)21-13/h2-3,6H,4-5,7-9H2,1H3. The van der Waals surface area contributed by atoms with Gasteiger partial charge < -0.3 is 9.80 Å². The Labute approximate surface area is 132 Å². The highest BCUT2D eigenvalue weighted by Gasteiger charge is 2.47. The average molecular weight is 322 g/mol. The van der Waals surface area contributed by atoms with E-state index < -0.39 is 0 Å². The molecule has 0 N–H and O–H groups in total. The van der Waals surface area contributed by atoms with E-state index in [4.69, 9.17) is 11.6 Å². The summed E-state index contributed by atoms with van der Waals surface area (Å²) in [7, 11) is 2.13. The molecule has 2 aliphatic heterocycles. The van der Waals surface area contributed by atoms with Crippen LogP contribution in [0.1, 0.15) is 16.2 Å². The predicted octanol–water partition coefficient (Wildman–Crippen LogP) is 2.73. The lowest BCUT2D eigenvalue weighted by atomic mass is 9.79. The number of rotatable bonds is 1. The zero-order valence-corrected chi connectivity index (χ0v) is 13.4. The van der Waals surface area contributed by atoms with Crippen molar-refractivity contribution < 1.29 is 4.79 Å². The molecule has 3 heterocycles. The van der Waals surface area contributed by atoms with Crippen LogP contribution in [0.2, 0.25) is 5.02 Å². The van der Waals surface area contributed by atoms with Crippen molar-refractivity contribution in [1.29, 1.82) is 0 Å². The highest BCUT2D eigenvalue weighted by molar-refractivity contribution is 7.20. The van der Waals surface area contributed by atoms with E-state index in [-0.39, 0.29) is 5.91 Å². The Balaban J connectivity index is 1.56. The van der Waals surface area contributed by atoms with Gasteiger partial charge in [0.05, 0.1) is 10.2 Å². The topological polar surface area (TPSA) is 36.4 Å². The van der Waals surface area contributed by atoms with Crippen LogP contribution in [0.3, 0.4) is 0 Å². The maximum Gasteiger partial charge on any atom is 0.282 e. The molecule has 0 radical (unpaired) electrons. The van der Waals surface area contributed by atoms with Crippen molar-refractivity contribution in [2.24, 2.45) is 5.41 Å². The van der Waals surface area contributed by atoms with Crippen LogP contribution < -0.4 is 0 Å². The summed E-state index contributed by atoms with van der Waals surface area (Å²) in [6.07, 6.45) is 1.11. The molecule has 4 rings (SSSR count). The summed E-state index contributed by atoms with van der Waals surface area (Å²) in [5.74, 6) is 0.0683. The fourth-order valence-electron chi connectivity index (χ4n) is 3.59. The Morgan fingerprint density at radius 1 is 1.38 bits per heavy atom.